The number of carbonyl (C=O) groups excluding carboxylic acids is 1. The summed E-state index contributed by atoms with van der Waals surface area (Å²) in [6.07, 6.45) is 2.42. The maximum Gasteiger partial charge on any atom is 0.224 e. The summed E-state index contributed by atoms with van der Waals surface area (Å²) >= 11 is 1.48. The second-order valence-corrected chi connectivity index (χ2v) is 7.07. The molecule has 5 nitrogen and oxygen atoms in total. The van der Waals surface area contributed by atoms with Crippen molar-refractivity contribution in [3.8, 4) is 0 Å². The molecule has 1 amide bonds. The summed E-state index contributed by atoms with van der Waals surface area (Å²) in [7, 11) is 2.01. The van der Waals surface area contributed by atoms with Crippen LogP contribution in [0.3, 0.4) is 0 Å². The third-order valence-corrected chi connectivity index (χ3v) is 5.27. The maximum atomic E-state index is 12.3. The molecule has 0 saturated carbocycles. The zero-order chi connectivity index (χ0) is 17.9. The fourth-order valence-corrected chi connectivity index (χ4v) is 3.95. The third-order valence-electron chi connectivity index (χ3n) is 4.45. The number of nitrogens with zero attached hydrogens (tertiary/aromatic N) is 2. The highest BCUT2D eigenvalue weighted by atomic mass is 32.1. The lowest BCUT2D eigenvalue weighted by Gasteiger charge is -2.06. The molecule has 0 atom stereocenters. The topological polar surface area (TPSA) is 59.0 Å². The average molecular weight is 364 g/mol. The van der Waals surface area contributed by atoms with Crippen LogP contribution in [-0.4, -0.2) is 27.9 Å². The van der Waals surface area contributed by atoms with E-state index in [0.717, 1.165) is 32.4 Å². The number of hydrogen-bond donors (Lipinski definition) is 2. The smallest absolute Gasteiger partial charge is 0.224 e. The first-order valence-electron chi connectivity index (χ1n) is 8.60. The van der Waals surface area contributed by atoms with E-state index in [1.807, 2.05) is 37.5 Å². The largest absolute Gasteiger partial charge is 0.367 e. The van der Waals surface area contributed by atoms with Crippen molar-refractivity contribution >= 4 is 44.2 Å². The molecule has 6 heteroatoms. The molecule has 0 unspecified atom stereocenters. The van der Waals surface area contributed by atoms with Crippen molar-refractivity contribution in [2.45, 2.75) is 6.42 Å². The number of aryl methyl sites for hydroxylation is 1. The first-order chi connectivity index (χ1) is 12.7. The Labute approximate surface area is 155 Å². The van der Waals surface area contributed by atoms with E-state index in [0.29, 0.717) is 19.5 Å². The van der Waals surface area contributed by atoms with Crippen LogP contribution < -0.4 is 10.6 Å². The fraction of sp³-hybridized carbons (Fsp3) is 0.200. The van der Waals surface area contributed by atoms with Gasteiger partial charge in [-0.1, -0.05) is 30.3 Å². The lowest BCUT2D eigenvalue weighted by molar-refractivity contribution is -0.120. The molecular formula is C20H20N4OS. The summed E-state index contributed by atoms with van der Waals surface area (Å²) in [5.74, 6) is 0.917. The Morgan fingerprint density at radius 1 is 1.08 bits per heavy atom. The van der Waals surface area contributed by atoms with Gasteiger partial charge in [0.2, 0.25) is 5.91 Å². The van der Waals surface area contributed by atoms with E-state index in [4.69, 9.17) is 0 Å². The van der Waals surface area contributed by atoms with Gasteiger partial charge in [-0.15, -0.1) is 0 Å². The Hall–Kier alpha value is -2.86. The van der Waals surface area contributed by atoms with E-state index >= 15 is 0 Å². The number of hydrogen-bond acceptors (Lipinski definition) is 4. The number of anilines is 1. The van der Waals surface area contributed by atoms with Crippen LogP contribution in [-0.2, 0) is 18.3 Å². The monoisotopic (exact) mass is 364 g/mol. The van der Waals surface area contributed by atoms with E-state index in [9.17, 15) is 4.79 Å². The highest BCUT2D eigenvalue weighted by molar-refractivity contribution is 7.13. The van der Waals surface area contributed by atoms with Crippen molar-refractivity contribution < 1.29 is 4.79 Å². The standard InChI is InChI=1S/C20H20N4OS/c1-24-13-14(15-6-2-4-8-17(15)24)12-19(25)21-10-11-22-20-16-7-3-5-9-18(16)26-23-20/h2-9,13H,10-12H2,1H3,(H,21,25)(H,22,23). The number of rotatable bonds is 6. The van der Waals surface area contributed by atoms with Gasteiger partial charge in [-0.25, -0.2) is 0 Å². The second-order valence-electron chi connectivity index (χ2n) is 6.26. The van der Waals surface area contributed by atoms with E-state index in [1.165, 1.54) is 11.5 Å². The van der Waals surface area contributed by atoms with Gasteiger partial charge in [-0.3, -0.25) is 4.79 Å². The van der Waals surface area contributed by atoms with Crippen molar-refractivity contribution in [2.75, 3.05) is 18.4 Å². The number of fused-ring (bicyclic) bond motifs is 2. The first kappa shape index (κ1) is 16.6. The zero-order valence-electron chi connectivity index (χ0n) is 14.5. The summed E-state index contributed by atoms with van der Waals surface area (Å²) in [6.45, 7) is 1.21. The van der Waals surface area contributed by atoms with Crippen molar-refractivity contribution in [1.82, 2.24) is 14.3 Å². The van der Waals surface area contributed by atoms with Crippen LogP contribution in [0.4, 0.5) is 5.82 Å². The molecule has 2 N–H and O–H groups in total. The predicted molar refractivity (Wildman–Crippen MR) is 108 cm³/mol. The number of nitrogens with one attached hydrogen (secondary N) is 2. The Balaban J connectivity index is 1.31. The van der Waals surface area contributed by atoms with E-state index in [1.54, 1.807) is 0 Å². The molecule has 26 heavy (non-hydrogen) atoms. The molecule has 132 valence electrons. The number of amides is 1. The molecule has 0 bridgehead atoms. The lowest BCUT2D eigenvalue weighted by Crippen LogP contribution is -2.30. The fourth-order valence-electron chi connectivity index (χ4n) is 3.20. The molecule has 0 radical (unpaired) electrons. The molecule has 2 aromatic heterocycles. The molecule has 0 fully saturated rings. The van der Waals surface area contributed by atoms with Gasteiger partial charge in [0.15, 0.2) is 0 Å². The maximum absolute atomic E-state index is 12.3. The van der Waals surface area contributed by atoms with E-state index < -0.39 is 0 Å². The second kappa shape index (κ2) is 7.17. The van der Waals surface area contributed by atoms with Gasteiger partial charge in [0.25, 0.3) is 0 Å². The van der Waals surface area contributed by atoms with Crippen molar-refractivity contribution in [2.24, 2.45) is 7.05 Å². The highest BCUT2D eigenvalue weighted by Gasteiger charge is 2.10. The summed E-state index contributed by atoms with van der Waals surface area (Å²) < 4.78 is 7.66. The number of carbonyl (C=O) groups is 1. The minimum Gasteiger partial charge on any atom is -0.367 e. The van der Waals surface area contributed by atoms with Crippen LogP contribution in [0.15, 0.2) is 54.7 Å². The summed E-state index contributed by atoms with van der Waals surface area (Å²) in [4.78, 5) is 12.3. The molecule has 0 aliphatic carbocycles. The minimum absolute atomic E-state index is 0.0336. The van der Waals surface area contributed by atoms with Gasteiger partial charge >= 0.3 is 0 Å². The predicted octanol–water partition coefficient (Wildman–Crippen LogP) is 3.56. The lowest BCUT2D eigenvalue weighted by atomic mass is 10.1. The molecule has 0 spiro atoms. The van der Waals surface area contributed by atoms with Crippen LogP contribution in [0, 0.1) is 0 Å². The number of benzene rings is 2. The van der Waals surface area contributed by atoms with Crippen LogP contribution in [0.5, 0.6) is 0 Å². The third kappa shape index (κ3) is 3.28. The van der Waals surface area contributed by atoms with Gasteiger partial charge in [0, 0.05) is 42.6 Å². The quantitative estimate of drug-likeness (QED) is 0.514. The van der Waals surface area contributed by atoms with Gasteiger partial charge in [0.05, 0.1) is 11.1 Å². The molecule has 0 saturated heterocycles. The first-order valence-corrected chi connectivity index (χ1v) is 9.37. The van der Waals surface area contributed by atoms with E-state index in [2.05, 4.69) is 43.8 Å². The van der Waals surface area contributed by atoms with Crippen LogP contribution in [0.25, 0.3) is 21.0 Å². The van der Waals surface area contributed by atoms with Crippen LogP contribution >= 0.6 is 11.5 Å². The molecule has 0 aliphatic heterocycles. The van der Waals surface area contributed by atoms with Crippen molar-refractivity contribution in [1.29, 1.82) is 0 Å². The molecular weight excluding hydrogens is 344 g/mol. The normalized spacial score (nSPS) is 11.1. The number of aromatic nitrogens is 2. The summed E-state index contributed by atoms with van der Waals surface area (Å²) in [5.41, 5.74) is 2.20. The van der Waals surface area contributed by atoms with Crippen LogP contribution in [0.2, 0.25) is 0 Å². The number of para-hydroxylation sites is 1. The molecule has 0 aliphatic rings. The van der Waals surface area contributed by atoms with Crippen molar-refractivity contribution in [3.63, 3.8) is 0 Å². The van der Waals surface area contributed by atoms with Crippen molar-refractivity contribution in [3.05, 3.63) is 60.3 Å². The molecule has 4 aromatic rings. The van der Waals surface area contributed by atoms with Crippen LogP contribution in [0.1, 0.15) is 5.56 Å². The van der Waals surface area contributed by atoms with Gasteiger partial charge in [-0.2, -0.15) is 4.37 Å². The summed E-state index contributed by atoms with van der Waals surface area (Å²) in [5, 5.41) is 8.54. The molecule has 2 heterocycles. The Bertz CT molecular complexity index is 1070. The van der Waals surface area contributed by atoms with Gasteiger partial charge < -0.3 is 15.2 Å². The van der Waals surface area contributed by atoms with Gasteiger partial charge in [-0.05, 0) is 35.3 Å². The molecule has 4 rings (SSSR count). The summed E-state index contributed by atoms with van der Waals surface area (Å²) in [6, 6.07) is 16.3. The average Bonchev–Trinajstić information content (AvgIpc) is 3.21. The molecule has 2 aromatic carbocycles. The highest BCUT2D eigenvalue weighted by Crippen LogP contribution is 2.25. The Morgan fingerprint density at radius 2 is 1.85 bits per heavy atom. The Kier molecular flexibility index (Phi) is 4.58. The minimum atomic E-state index is 0.0336. The SMILES string of the molecule is Cn1cc(CC(=O)NCCNc2nsc3ccccc23)c2ccccc21. The zero-order valence-corrected chi connectivity index (χ0v) is 15.3. The Morgan fingerprint density at radius 3 is 2.73 bits per heavy atom. The van der Waals surface area contributed by atoms with E-state index in [-0.39, 0.29) is 5.91 Å². The van der Waals surface area contributed by atoms with Gasteiger partial charge in [0.1, 0.15) is 5.82 Å².